The van der Waals surface area contributed by atoms with Gasteiger partial charge in [-0.3, -0.25) is 19.7 Å². The van der Waals surface area contributed by atoms with E-state index in [9.17, 15) is 24.8 Å². The third-order valence-corrected chi connectivity index (χ3v) is 3.19. The van der Waals surface area contributed by atoms with Gasteiger partial charge in [0.25, 0.3) is 5.91 Å². The lowest BCUT2D eigenvalue weighted by Crippen LogP contribution is -2.37. The van der Waals surface area contributed by atoms with Crippen LogP contribution in [0.4, 0.5) is 5.69 Å². The maximum absolute atomic E-state index is 12.3. The normalized spacial score (nSPS) is 13.6. The second-order valence-corrected chi connectivity index (χ2v) is 4.70. The molecule has 0 aromatic heterocycles. The van der Waals surface area contributed by atoms with Crippen LogP contribution < -0.4 is 0 Å². The summed E-state index contributed by atoms with van der Waals surface area (Å²) in [6.45, 7) is -0.183. The van der Waals surface area contributed by atoms with Crippen LogP contribution >= 0.6 is 0 Å². The van der Waals surface area contributed by atoms with Gasteiger partial charge in [0, 0.05) is 17.7 Å². The zero-order valence-corrected chi connectivity index (χ0v) is 11.3. The number of nitro benzene ring substituents is 1. The van der Waals surface area contributed by atoms with Crippen LogP contribution in [0.5, 0.6) is 5.75 Å². The van der Waals surface area contributed by atoms with Crippen molar-refractivity contribution in [2.45, 2.75) is 18.9 Å². The molecule has 1 aromatic rings. The second kappa shape index (κ2) is 5.78. The van der Waals surface area contributed by atoms with Gasteiger partial charge in [0.2, 0.25) is 0 Å². The zero-order chi connectivity index (χ0) is 15.6. The Morgan fingerprint density at radius 1 is 1.48 bits per heavy atom. The minimum atomic E-state index is -0.739. The molecule has 8 nitrogen and oxygen atoms in total. The third kappa shape index (κ3) is 3.28. The largest absolute Gasteiger partial charge is 0.502 e. The van der Waals surface area contributed by atoms with Gasteiger partial charge in [-0.15, -0.1) is 0 Å². The highest BCUT2D eigenvalue weighted by Gasteiger charge is 2.35. The van der Waals surface area contributed by atoms with E-state index in [-0.39, 0.29) is 18.2 Å². The molecule has 1 aliphatic rings. The lowest BCUT2D eigenvalue weighted by Gasteiger charge is -2.21. The summed E-state index contributed by atoms with van der Waals surface area (Å²) in [4.78, 5) is 34.9. The first-order chi connectivity index (χ1) is 9.93. The number of nitro groups is 1. The average molecular weight is 294 g/mol. The van der Waals surface area contributed by atoms with Crippen molar-refractivity contribution in [1.29, 1.82) is 0 Å². The summed E-state index contributed by atoms with van der Waals surface area (Å²) in [5, 5.41) is 20.2. The molecule has 21 heavy (non-hydrogen) atoms. The van der Waals surface area contributed by atoms with Crippen LogP contribution in [0, 0.1) is 10.1 Å². The average Bonchev–Trinajstić information content (AvgIpc) is 3.27. The Balaban J connectivity index is 2.22. The van der Waals surface area contributed by atoms with E-state index in [1.807, 2.05) is 0 Å². The van der Waals surface area contributed by atoms with Crippen LogP contribution in [0.1, 0.15) is 23.2 Å². The fourth-order valence-corrected chi connectivity index (χ4v) is 1.93. The second-order valence-electron chi connectivity index (χ2n) is 4.70. The van der Waals surface area contributed by atoms with Crippen molar-refractivity contribution in [2.24, 2.45) is 0 Å². The van der Waals surface area contributed by atoms with Gasteiger partial charge in [-0.25, -0.2) is 0 Å². The van der Waals surface area contributed by atoms with Crippen LogP contribution in [0.15, 0.2) is 18.2 Å². The number of aromatic hydroxyl groups is 1. The topological polar surface area (TPSA) is 110 Å². The molecule has 0 unspecified atom stereocenters. The summed E-state index contributed by atoms with van der Waals surface area (Å²) in [5.41, 5.74) is -0.383. The van der Waals surface area contributed by atoms with E-state index in [1.54, 1.807) is 0 Å². The van der Waals surface area contributed by atoms with Gasteiger partial charge in [-0.2, -0.15) is 0 Å². The summed E-state index contributed by atoms with van der Waals surface area (Å²) >= 11 is 0. The van der Waals surface area contributed by atoms with Crippen LogP contribution in [0.3, 0.4) is 0 Å². The van der Waals surface area contributed by atoms with Crippen molar-refractivity contribution in [1.82, 2.24) is 4.90 Å². The number of phenols is 1. The lowest BCUT2D eigenvalue weighted by atomic mass is 10.1. The zero-order valence-electron chi connectivity index (χ0n) is 11.3. The molecule has 1 N–H and O–H groups in total. The molecule has 0 aliphatic heterocycles. The number of carbonyl (C=O) groups is 2. The number of carbonyl (C=O) groups excluding carboxylic acids is 2. The molecular formula is C13H14N2O6. The van der Waals surface area contributed by atoms with E-state index in [1.165, 1.54) is 18.1 Å². The Hall–Kier alpha value is -2.64. The van der Waals surface area contributed by atoms with Gasteiger partial charge in [0.05, 0.1) is 12.0 Å². The molecule has 0 atom stereocenters. The molecule has 2 rings (SSSR count). The van der Waals surface area contributed by atoms with Crippen molar-refractivity contribution in [3.8, 4) is 5.75 Å². The van der Waals surface area contributed by atoms with Crippen molar-refractivity contribution in [3.63, 3.8) is 0 Å². The molecule has 1 amide bonds. The van der Waals surface area contributed by atoms with E-state index in [0.29, 0.717) is 0 Å². The first-order valence-electron chi connectivity index (χ1n) is 6.29. The number of nitrogens with zero attached hydrogens (tertiary/aromatic N) is 2. The van der Waals surface area contributed by atoms with E-state index >= 15 is 0 Å². The van der Waals surface area contributed by atoms with E-state index < -0.39 is 28.2 Å². The number of hydrogen-bond acceptors (Lipinski definition) is 6. The van der Waals surface area contributed by atoms with Gasteiger partial charge in [-0.1, -0.05) is 0 Å². The van der Waals surface area contributed by atoms with Crippen molar-refractivity contribution in [3.05, 3.63) is 33.9 Å². The van der Waals surface area contributed by atoms with Gasteiger partial charge in [0.15, 0.2) is 5.75 Å². The Kier molecular flexibility index (Phi) is 4.06. The highest BCUT2D eigenvalue weighted by molar-refractivity contribution is 5.97. The summed E-state index contributed by atoms with van der Waals surface area (Å²) in [5.74, 6) is -1.59. The van der Waals surface area contributed by atoms with Crippen molar-refractivity contribution < 1.29 is 24.4 Å². The number of rotatable bonds is 5. The lowest BCUT2D eigenvalue weighted by molar-refractivity contribution is -0.385. The molecule has 8 heteroatoms. The van der Waals surface area contributed by atoms with Crippen LogP contribution in [-0.4, -0.2) is 46.5 Å². The van der Waals surface area contributed by atoms with E-state index in [0.717, 1.165) is 25.0 Å². The molecule has 1 saturated carbocycles. The quantitative estimate of drug-likeness (QED) is 0.494. The Labute approximate surface area is 120 Å². The van der Waals surface area contributed by atoms with Crippen LogP contribution in [0.25, 0.3) is 0 Å². The predicted molar refractivity (Wildman–Crippen MR) is 70.8 cm³/mol. The maximum Gasteiger partial charge on any atom is 0.325 e. The predicted octanol–water partition coefficient (Wildman–Crippen LogP) is 1.08. The number of hydrogen-bond donors (Lipinski definition) is 1. The summed E-state index contributed by atoms with van der Waals surface area (Å²) in [6.07, 6.45) is 1.59. The standard InChI is InChI=1S/C13H14N2O6/c1-21-12(17)7-14(9-3-4-9)13(18)8-2-5-10(15(19)20)11(16)6-8/h2,5-6,9,16H,3-4,7H2,1H3. The molecule has 0 radical (unpaired) electrons. The fourth-order valence-electron chi connectivity index (χ4n) is 1.93. The van der Waals surface area contributed by atoms with E-state index in [2.05, 4.69) is 4.74 Å². The maximum atomic E-state index is 12.3. The summed E-state index contributed by atoms with van der Waals surface area (Å²) in [6, 6.07) is 3.32. The Bertz CT molecular complexity index is 596. The smallest absolute Gasteiger partial charge is 0.325 e. The molecule has 112 valence electrons. The molecular weight excluding hydrogens is 280 g/mol. The highest BCUT2D eigenvalue weighted by atomic mass is 16.6. The molecule has 0 heterocycles. The molecule has 1 aromatic carbocycles. The van der Waals surface area contributed by atoms with Crippen molar-refractivity contribution in [2.75, 3.05) is 13.7 Å². The minimum Gasteiger partial charge on any atom is -0.502 e. The monoisotopic (exact) mass is 294 g/mol. The molecule has 0 saturated heterocycles. The summed E-state index contributed by atoms with van der Waals surface area (Å²) < 4.78 is 4.55. The number of phenolic OH excluding ortho intramolecular Hbond substituents is 1. The molecule has 1 aliphatic carbocycles. The van der Waals surface area contributed by atoms with Gasteiger partial charge in [0.1, 0.15) is 6.54 Å². The highest BCUT2D eigenvalue weighted by Crippen LogP contribution is 2.31. The van der Waals surface area contributed by atoms with Crippen LogP contribution in [0.2, 0.25) is 0 Å². The number of ether oxygens (including phenoxy) is 1. The SMILES string of the molecule is COC(=O)CN(C(=O)c1ccc([N+](=O)[O-])c(O)c1)C1CC1. The molecule has 0 bridgehead atoms. The Morgan fingerprint density at radius 3 is 2.62 bits per heavy atom. The van der Waals surface area contributed by atoms with Crippen molar-refractivity contribution >= 4 is 17.6 Å². The first kappa shape index (κ1) is 14.8. The number of methoxy groups -OCH3 is 1. The summed E-state index contributed by atoms with van der Waals surface area (Å²) in [7, 11) is 1.23. The minimum absolute atomic E-state index is 0.0334. The first-order valence-corrected chi connectivity index (χ1v) is 6.29. The van der Waals surface area contributed by atoms with Crippen LogP contribution in [-0.2, 0) is 9.53 Å². The third-order valence-electron chi connectivity index (χ3n) is 3.19. The number of amides is 1. The number of esters is 1. The van der Waals surface area contributed by atoms with Gasteiger partial charge < -0.3 is 14.7 Å². The molecule has 1 fully saturated rings. The molecule has 0 spiro atoms. The number of benzene rings is 1. The van der Waals surface area contributed by atoms with Gasteiger partial charge >= 0.3 is 11.7 Å². The van der Waals surface area contributed by atoms with Gasteiger partial charge in [-0.05, 0) is 25.0 Å². The fraction of sp³-hybridized carbons (Fsp3) is 0.385. The van der Waals surface area contributed by atoms with E-state index in [4.69, 9.17) is 0 Å². The Morgan fingerprint density at radius 2 is 2.14 bits per heavy atom.